The van der Waals surface area contributed by atoms with E-state index in [-0.39, 0.29) is 11.3 Å². The molecule has 1 N–H and O–H groups in total. The number of aromatic nitrogens is 2. The summed E-state index contributed by atoms with van der Waals surface area (Å²) in [5.41, 5.74) is 4.53. The van der Waals surface area contributed by atoms with E-state index in [1.54, 1.807) is 6.07 Å². The molecule has 0 fully saturated rings. The SMILES string of the molecule is Cc1cc(C(=O)Nc2ccc(C)c(C(C)(C)C)c2)cnn1. The van der Waals surface area contributed by atoms with Crippen molar-refractivity contribution in [1.29, 1.82) is 0 Å². The standard InChI is InChI=1S/C17H21N3O/c1-11-6-7-14(9-15(11)17(3,4)5)19-16(21)13-8-12(2)20-18-10-13/h6-10H,1-5H3,(H,19,21). The second kappa shape index (κ2) is 5.64. The summed E-state index contributed by atoms with van der Waals surface area (Å²) in [7, 11) is 0. The molecule has 1 aromatic carbocycles. The average Bonchev–Trinajstić information content (AvgIpc) is 2.39. The van der Waals surface area contributed by atoms with Crippen molar-refractivity contribution in [2.24, 2.45) is 0 Å². The highest BCUT2D eigenvalue weighted by Crippen LogP contribution is 2.28. The van der Waals surface area contributed by atoms with E-state index in [0.717, 1.165) is 11.4 Å². The third kappa shape index (κ3) is 3.66. The van der Waals surface area contributed by atoms with Crippen molar-refractivity contribution in [2.75, 3.05) is 5.32 Å². The van der Waals surface area contributed by atoms with Crippen molar-refractivity contribution in [1.82, 2.24) is 10.2 Å². The number of nitrogens with one attached hydrogen (secondary N) is 1. The number of rotatable bonds is 2. The van der Waals surface area contributed by atoms with Crippen molar-refractivity contribution >= 4 is 11.6 Å². The molecule has 2 rings (SSSR count). The van der Waals surface area contributed by atoms with Crippen LogP contribution in [0.2, 0.25) is 0 Å². The van der Waals surface area contributed by atoms with Gasteiger partial charge in [-0.3, -0.25) is 4.79 Å². The van der Waals surface area contributed by atoms with E-state index in [1.165, 1.54) is 17.3 Å². The minimum absolute atomic E-state index is 0.0413. The van der Waals surface area contributed by atoms with E-state index in [9.17, 15) is 4.79 Å². The normalized spacial score (nSPS) is 11.3. The van der Waals surface area contributed by atoms with Crippen LogP contribution in [0.1, 0.15) is 48.0 Å². The Bertz CT molecular complexity index is 672. The highest BCUT2D eigenvalue weighted by molar-refractivity contribution is 6.04. The molecular weight excluding hydrogens is 262 g/mol. The van der Waals surface area contributed by atoms with Crippen molar-refractivity contribution in [3.63, 3.8) is 0 Å². The Hall–Kier alpha value is -2.23. The zero-order valence-electron chi connectivity index (χ0n) is 13.2. The topological polar surface area (TPSA) is 54.9 Å². The van der Waals surface area contributed by atoms with Gasteiger partial charge in [-0.25, -0.2) is 0 Å². The number of hydrogen-bond donors (Lipinski definition) is 1. The van der Waals surface area contributed by atoms with Gasteiger partial charge in [0.1, 0.15) is 0 Å². The Morgan fingerprint density at radius 2 is 1.86 bits per heavy atom. The van der Waals surface area contributed by atoms with Gasteiger partial charge in [0.25, 0.3) is 5.91 Å². The van der Waals surface area contributed by atoms with E-state index in [0.29, 0.717) is 5.56 Å². The Labute approximate surface area is 125 Å². The number of aryl methyl sites for hydroxylation is 2. The Balaban J connectivity index is 2.26. The van der Waals surface area contributed by atoms with Crippen LogP contribution in [0.3, 0.4) is 0 Å². The van der Waals surface area contributed by atoms with E-state index < -0.39 is 0 Å². The minimum Gasteiger partial charge on any atom is -0.322 e. The molecule has 4 nitrogen and oxygen atoms in total. The second-order valence-corrected chi connectivity index (χ2v) is 6.32. The molecule has 0 spiro atoms. The van der Waals surface area contributed by atoms with E-state index in [1.807, 2.05) is 25.1 Å². The van der Waals surface area contributed by atoms with Gasteiger partial charge in [-0.15, -0.1) is 0 Å². The molecule has 0 aliphatic heterocycles. The van der Waals surface area contributed by atoms with Crippen LogP contribution >= 0.6 is 0 Å². The van der Waals surface area contributed by atoms with Gasteiger partial charge in [-0.2, -0.15) is 10.2 Å². The summed E-state index contributed by atoms with van der Waals surface area (Å²) in [5.74, 6) is -0.170. The van der Waals surface area contributed by atoms with Crippen LogP contribution in [-0.2, 0) is 5.41 Å². The molecule has 110 valence electrons. The fourth-order valence-electron chi connectivity index (χ4n) is 2.31. The van der Waals surface area contributed by atoms with Crippen molar-refractivity contribution in [3.8, 4) is 0 Å². The quantitative estimate of drug-likeness (QED) is 0.915. The summed E-state index contributed by atoms with van der Waals surface area (Å²) >= 11 is 0. The minimum atomic E-state index is -0.170. The first kappa shape index (κ1) is 15.2. The molecule has 0 atom stereocenters. The number of benzene rings is 1. The maximum Gasteiger partial charge on any atom is 0.257 e. The van der Waals surface area contributed by atoms with E-state index in [2.05, 4.69) is 43.2 Å². The van der Waals surface area contributed by atoms with Gasteiger partial charge >= 0.3 is 0 Å². The molecule has 1 aromatic heterocycles. The fraction of sp³-hybridized carbons (Fsp3) is 0.353. The van der Waals surface area contributed by atoms with Crippen molar-refractivity contribution in [3.05, 3.63) is 52.8 Å². The largest absolute Gasteiger partial charge is 0.322 e. The summed E-state index contributed by atoms with van der Waals surface area (Å²) in [6.07, 6.45) is 1.47. The van der Waals surface area contributed by atoms with Gasteiger partial charge in [0, 0.05) is 5.69 Å². The van der Waals surface area contributed by atoms with Gasteiger partial charge in [-0.05, 0) is 48.6 Å². The predicted molar refractivity (Wildman–Crippen MR) is 84.6 cm³/mol. The van der Waals surface area contributed by atoms with Crippen molar-refractivity contribution < 1.29 is 4.79 Å². The average molecular weight is 283 g/mol. The first-order valence-corrected chi connectivity index (χ1v) is 6.99. The Morgan fingerprint density at radius 1 is 1.14 bits per heavy atom. The zero-order valence-corrected chi connectivity index (χ0v) is 13.2. The number of hydrogen-bond acceptors (Lipinski definition) is 3. The molecule has 0 aliphatic carbocycles. The van der Waals surface area contributed by atoms with Gasteiger partial charge in [0.2, 0.25) is 0 Å². The molecule has 1 heterocycles. The number of carbonyl (C=O) groups is 1. The molecule has 2 aromatic rings. The van der Waals surface area contributed by atoms with E-state index >= 15 is 0 Å². The lowest BCUT2D eigenvalue weighted by Crippen LogP contribution is -2.16. The first-order valence-electron chi connectivity index (χ1n) is 6.99. The number of amides is 1. The Morgan fingerprint density at radius 3 is 2.48 bits per heavy atom. The lowest BCUT2D eigenvalue weighted by Gasteiger charge is -2.22. The molecular formula is C17H21N3O. The molecule has 0 unspecified atom stereocenters. The number of anilines is 1. The lowest BCUT2D eigenvalue weighted by molar-refractivity contribution is 0.102. The molecule has 4 heteroatoms. The van der Waals surface area contributed by atoms with E-state index in [4.69, 9.17) is 0 Å². The third-order valence-electron chi connectivity index (χ3n) is 3.34. The van der Waals surface area contributed by atoms with Crippen LogP contribution < -0.4 is 5.32 Å². The van der Waals surface area contributed by atoms with Gasteiger partial charge in [0.15, 0.2) is 0 Å². The molecule has 0 saturated heterocycles. The maximum absolute atomic E-state index is 12.2. The molecule has 0 saturated carbocycles. The van der Waals surface area contributed by atoms with Crippen LogP contribution in [0.4, 0.5) is 5.69 Å². The monoisotopic (exact) mass is 283 g/mol. The summed E-state index contributed by atoms with van der Waals surface area (Å²) in [6, 6.07) is 7.71. The van der Waals surface area contributed by atoms with Gasteiger partial charge < -0.3 is 5.32 Å². The summed E-state index contributed by atoms with van der Waals surface area (Å²) < 4.78 is 0. The molecule has 0 aliphatic rings. The van der Waals surface area contributed by atoms with Gasteiger partial charge in [0.05, 0.1) is 17.5 Å². The summed E-state index contributed by atoms with van der Waals surface area (Å²) in [6.45, 7) is 10.4. The summed E-state index contributed by atoms with van der Waals surface area (Å²) in [4.78, 5) is 12.2. The smallest absolute Gasteiger partial charge is 0.257 e. The molecule has 0 radical (unpaired) electrons. The van der Waals surface area contributed by atoms with Crippen LogP contribution in [0.25, 0.3) is 0 Å². The second-order valence-electron chi connectivity index (χ2n) is 6.32. The van der Waals surface area contributed by atoms with Crippen molar-refractivity contribution in [2.45, 2.75) is 40.0 Å². The van der Waals surface area contributed by atoms with Crippen LogP contribution in [-0.4, -0.2) is 16.1 Å². The Kier molecular flexibility index (Phi) is 4.07. The first-order chi connectivity index (χ1) is 9.77. The predicted octanol–water partition coefficient (Wildman–Crippen LogP) is 3.64. The zero-order chi connectivity index (χ0) is 15.6. The molecule has 21 heavy (non-hydrogen) atoms. The molecule has 0 bridgehead atoms. The van der Waals surface area contributed by atoms with Crippen LogP contribution in [0.5, 0.6) is 0 Å². The summed E-state index contributed by atoms with van der Waals surface area (Å²) in [5, 5.41) is 10.6. The number of carbonyl (C=O) groups excluding carboxylic acids is 1. The van der Waals surface area contributed by atoms with Crippen LogP contribution in [0, 0.1) is 13.8 Å². The van der Waals surface area contributed by atoms with Gasteiger partial charge in [-0.1, -0.05) is 26.8 Å². The highest BCUT2D eigenvalue weighted by atomic mass is 16.1. The molecule has 1 amide bonds. The van der Waals surface area contributed by atoms with Crippen LogP contribution in [0.15, 0.2) is 30.5 Å². The lowest BCUT2D eigenvalue weighted by atomic mass is 9.84. The maximum atomic E-state index is 12.2. The number of nitrogens with zero attached hydrogens (tertiary/aromatic N) is 2. The highest BCUT2D eigenvalue weighted by Gasteiger charge is 2.17. The third-order valence-corrected chi connectivity index (χ3v) is 3.34. The fourth-order valence-corrected chi connectivity index (χ4v) is 2.31.